The second-order valence-electron chi connectivity index (χ2n) is 4.37. The summed E-state index contributed by atoms with van der Waals surface area (Å²) in [5.41, 5.74) is -0.836. The van der Waals surface area contributed by atoms with E-state index in [1.165, 1.54) is 33.5 Å². The Hall–Kier alpha value is -2.94. The van der Waals surface area contributed by atoms with Crippen LogP contribution in [0.1, 0.15) is 16.2 Å². The van der Waals surface area contributed by atoms with Crippen LogP contribution in [0.15, 0.2) is 18.2 Å². The molecule has 0 aliphatic rings. The molecule has 0 bridgehead atoms. The van der Waals surface area contributed by atoms with E-state index >= 15 is 0 Å². The zero-order chi connectivity index (χ0) is 17.9. The minimum Gasteiger partial charge on any atom is -0.490 e. The zero-order valence-electron chi connectivity index (χ0n) is 12.9. The first-order chi connectivity index (χ1) is 11.4. The third-order valence-corrected chi connectivity index (χ3v) is 3.21. The average molecular weight is 354 g/mol. The molecule has 0 atom stereocenters. The number of hydrogen-bond acceptors (Lipinski definition) is 8. The second-order valence-corrected chi connectivity index (χ2v) is 4.80. The zero-order valence-corrected chi connectivity index (χ0v) is 13.7. The number of benzene rings is 1. The Labute approximate surface area is 141 Å². The summed E-state index contributed by atoms with van der Waals surface area (Å²) in [6.45, 7) is 0. The molecule has 0 N–H and O–H groups in total. The topological polar surface area (TPSA) is 114 Å². The van der Waals surface area contributed by atoms with Crippen molar-refractivity contribution in [1.82, 2.24) is 9.97 Å². The van der Waals surface area contributed by atoms with E-state index in [2.05, 4.69) is 9.97 Å². The van der Waals surface area contributed by atoms with Gasteiger partial charge < -0.3 is 14.2 Å². The minimum atomic E-state index is -0.820. The largest absolute Gasteiger partial charge is 0.490 e. The van der Waals surface area contributed by atoms with Crippen molar-refractivity contribution in [3.05, 3.63) is 44.7 Å². The van der Waals surface area contributed by atoms with E-state index in [1.54, 1.807) is 0 Å². The Morgan fingerprint density at radius 2 is 1.67 bits per heavy atom. The lowest BCUT2D eigenvalue weighted by molar-refractivity contribution is -0.386. The molecule has 0 amide bonds. The number of ether oxygens (including phenoxy) is 3. The molecule has 0 saturated carbocycles. The standard InChI is InChI=1S/C14H12ClN3O6/c1-22-9-5-7(15)4-8(12(9)18(20)21)13(19)14-16-10(23-2)6-11(17-14)24-3/h4-6H,1-3H3. The SMILES string of the molecule is COc1cc(OC)nc(C(=O)c2cc(Cl)cc(OC)c2[N+](=O)[O-])n1. The molecule has 1 aromatic carbocycles. The molecule has 126 valence electrons. The van der Waals surface area contributed by atoms with Crippen LogP contribution in [-0.4, -0.2) is 42.0 Å². The lowest BCUT2D eigenvalue weighted by Gasteiger charge is -2.08. The minimum absolute atomic E-state index is 0.0712. The molecular weight excluding hydrogens is 342 g/mol. The lowest BCUT2D eigenvalue weighted by atomic mass is 10.1. The van der Waals surface area contributed by atoms with Gasteiger partial charge >= 0.3 is 5.69 Å². The highest BCUT2D eigenvalue weighted by Crippen LogP contribution is 2.35. The number of carbonyl (C=O) groups excluding carboxylic acids is 1. The Bertz CT molecular complexity index is 789. The summed E-state index contributed by atoms with van der Waals surface area (Å²) in [7, 11) is 3.93. The number of rotatable bonds is 6. The first kappa shape index (κ1) is 17.4. The summed E-state index contributed by atoms with van der Waals surface area (Å²) in [6.07, 6.45) is 0. The van der Waals surface area contributed by atoms with Gasteiger partial charge in [0.2, 0.25) is 23.4 Å². The molecule has 0 aliphatic carbocycles. The maximum absolute atomic E-state index is 12.7. The van der Waals surface area contributed by atoms with Crippen molar-refractivity contribution in [2.75, 3.05) is 21.3 Å². The fourth-order valence-corrected chi connectivity index (χ4v) is 2.13. The molecule has 0 radical (unpaired) electrons. The number of aromatic nitrogens is 2. The molecule has 0 aliphatic heterocycles. The van der Waals surface area contributed by atoms with Crippen molar-refractivity contribution in [1.29, 1.82) is 0 Å². The number of methoxy groups -OCH3 is 3. The quantitative estimate of drug-likeness (QED) is 0.441. The maximum atomic E-state index is 12.7. The molecule has 2 aromatic rings. The number of carbonyl (C=O) groups is 1. The van der Waals surface area contributed by atoms with Gasteiger partial charge in [-0.1, -0.05) is 11.6 Å². The average Bonchev–Trinajstić information content (AvgIpc) is 2.59. The number of nitro groups is 1. The lowest BCUT2D eigenvalue weighted by Crippen LogP contribution is -2.12. The van der Waals surface area contributed by atoms with Gasteiger partial charge in [-0.15, -0.1) is 0 Å². The van der Waals surface area contributed by atoms with Crippen LogP contribution < -0.4 is 14.2 Å². The van der Waals surface area contributed by atoms with Crippen LogP contribution in [0.2, 0.25) is 5.02 Å². The predicted molar refractivity (Wildman–Crippen MR) is 83.2 cm³/mol. The van der Waals surface area contributed by atoms with Crippen LogP contribution in [0.5, 0.6) is 17.5 Å². The summed E-state index contributed by atoms with van der Waals surface area (Å²) in [6, 6.07) is 3.76. The van der Waals surface area contributed by atoms with Gasteiger partial charge in [-0.05, 0) is 6.07 Å². The Morgan fingerprint density at radius 1 is 1.08 bits per heavy atom. The van der Waals surface area contributed by atoms with E-state index in [-0.39, 0.29) is 33.9 Å². The van der Waals surface area contributed by atoms with Crippen molar-refractivity contribution < 1.29 is 23.9 Å². The van der Waals surface area contributed by atoms with E-state index in [9.17, 15) is 14.9 Å². The third kappa shape index (κ3) is 3.35. The van der Waals surface area contributed by atoms with Gasteiger partial charge in [-0.25, -0.2) is 0 Å². The van der Waals surface area contributed by atoms with E-state index in [4.69, 9.17) is 25.8 Å². The van der Waals surface area contributed by atoms with Crippen molar-refractivity contribution in [3.8, 4) is 17.5 Å². The van der Waals surface area contributed by atoms with Crippen molar-refractivity contribution in [2.24, 2.45) is 0 Å². The Morgan fingerprint density at radius 3 is 2.12 bits per heavy atom. The first-order valence-electron chi connectivity index (χ1n) is 6.45. The molecule has 0 saturated heterocycles. The normalized spacial score (nSPS) is 10.2. The van der Waals surface area contributed by atoms with E-state index in [0.717, 1.165) is 6.07 Å². The highest BCUT2D eigenvalue weighted by atomic mass is 35.5. The van der Waals surface area contributed by atoms with Crippen LogP contribution in [0.25, 0.3) is 0 Å². The molecular formula is C14H12ClN3O6. The number of nitro benzene ring substituents is 1. The summed E-state index contributed by atoms with van der Waals surface area (Å²) in [4.78, 5) is 31.1. The van der Waals surface area contributed by atoms with Crippen LogP contribution in [0, 0.1) is 10.1 Å². The van der Waals surface area contributed by atoms with E-state index in [1.807, 2.05) is 0 Å². The second kappa shape index (κ2) is 7.09. The molecule has 2 rings (SSSR count). The molecule has 0 unspecified atom stereocenters. The highest BCUT2D eigenvalue weighted by molar-refractivity contribution is 6.31. The van der Waals surface area contributed by atoms with Gasteiger partial charge in [0.15, 0.2) is 5.75 Å². The van der Waals surface area contributed by atoms with Gasteiger partial charge in [0.25, 0.3) is 0 Å². The summed E-state index contributed by atoms with van der Waals surface area (Å²) in [5.74, 6) is -1.16. The fourth-order valence-electron chi connectivity index (χ4n) is 1.93. The predicted octanol–water partition coefficient (Wildman–Crippen LogP) is 2.29. The van der Waals surface area contributed by atoms with Crippen molar-refractivity contribution in [2.45, 2.75) is 0 Å². The van der Waals surface area contributed by atoms with Gasteiger partial charge in [0.05, 0.1) is 32.3 Å². The summed E-state index contributed by atoms with van der Waals surface area (Å²) in [5, 5.41) is 11.4. The molecule has 9 nitrogen and oxygen atoms in total. The van der Waals surface area contributed by atoms with Gasteiger partial charge in [-0.3, -0.25) is 14.9 Å². The number of halogens is 1. The Balaban J connectivity index is 2.66. The maximum Gasteiger partial charge on any atom is 0.322 e. The highest BCUT2D eigenvalue weighted by Gasteiger charge is 2.29. The van der Waals surface area contributed by atoms with Crippen LogP contribution in [-0.2, 0) is 0 Å². The fraction of sp³-hybridized carbons (Fsp3) is 0.214. The number of nitrogens with zero attached hydrogens (tertiary/aromatic N) is 3. The number of hydrogen-bond donors (Lipinski definition) is 0. The van der Waals surface area contributed by atoms with Gasteiger partial charge in [-0.2, -0.15) is 9.97 Å². The van der Waals surface area contributed by atoms with E-state index < -0.39 is 16.4 Å². The van der Waals surface area contributed by atoms with Crippen LogP contribution >= 0.6 is 11.6 Å². The van der Waals surface area contributed by atoms with Crippen LogP contribution in [0.4, 0.5) is 5.69 Å². The third-order valence-electron chi connectivity index (χ3n) is 2.99. The van der Waals surface area contributed by atoms with Crippen LogP contribution in [0.3, 0.4) is 0 Å². The number of ketones is 1. The summed E-state index contributed by atoms with van der Waals surface area (Å²) >= 11 is 5.91. The molecule has 0 fully saturated rings. The molecule has 1 heterocycles. The van der Waals surface area contributed by atoms with Crippen molar-refractivity contribution in [3.63, 3.8) is 0 Å². The first-order valence-corrected chi connectivity index (χ1v) is 6.82. The summed E-state index contributed by atoms with van der Waals surface area (Å²) < 4.78 is 14.9. The molecule has 24 heavy (non-hydrogen) atoms. The molecule has 1 aromatic heterocycles. The van der Waals surface area contributed by atoms with E-state index in [0.29, 0.717) is 0 Å². The van der Waals surface area contributed by atoms with Gasteiger partial charge in [0.1, 0.15) is 5.56 Å². The van der Waals surface area contributed by atoms with Gasteiger partial charge in [0, 0.05) is 11.1 Å². The monoisotopic (exact) mass is 353 g/mol. The molecule has 10 heteroatoms. The molecule has 0 spiro atoms. The smallest absolute Gasteiger partial charge is 0.322 e. The Kier molecular flexibility index (Phi) is 5.14. The van der Waals surface area contributed by atoms with Crippen molar-refractivity contribution >= 4 is 23.1 Å².